The number of nitrogens with zero attached hydrogens (tertiary/aromatic N) is 6. The second-order valence-electron chi connectivity index (χ2n) is 14.0. The summed E-state index contributed by atoms with van der Waals surface area (Å²) in [5.74, 6) is 1.66. The molecule has 9 nitrogen and oxygen atoms in total. The molecule has 0 aliphatic heterocycles. The Kier molecular flexibility index (Phi) is 11.5. The van der Waals surface area contributed by atoms with E-state index in [4.69, 9.17) is 20.0 Å². The molecule has 0 aliphatic rings. The largest absolute Gasteiger partial charge is 0.457 e. The van der Waals surface area contributed by atoms with E-state index in [1.807, 2.05) is 53.2 Å². The highest BCUT2D eigenvalue weighted by Gasteiger charge is 2.42. The zero-order chi connectivity index (χ0) is 39.6. The smallest absolute Gasteiger partial charge is 0.338 e. The maximum absolute atomic E-state index is 12.7. The molecule has 0 spiro atoms. The first-order valence-corrected chi connectivity index (χ1v) is 19.6. The Morgan fingerprint density at radius 1 is 0.690 bits per heavy atom. The summed E-state index contributed by atoms with van der Waals surface area (Å²) < 4.78 is 7.63. The molecule has 0 atom stereocenters. The zero-order valence-corrected chi connectivity index (χ0v) is 32.3. The molecule has 0 amide bonds. The van der Waals surface area contributed by atoms with Gasteiger partial charge in [-0.2, -0.15) is 0 Å². The lowest BCUT2D eigenvalue weighted by atomic mass is 9.77. The summed E-state index contributed by atoms with van der Waals surface area (Å²) in [4.78, 5) is 22.1. The molecule has 2 aromatic heterocycles. The minimum Gasteiger partial charge on any atom is -0.457 e. The normalized spacial score (nSPS) is 11.3. The molecule has 0 saturated carbocycles. The predicted molar refractivity (Wildman–Crippen MR) is 227 cm³/mol. The van der Waals surface area contributed by atoms with Crippen molar-refractivity contribution >= 4 is 11.8 Å². The summed E-state index contributed by atoms with van der Waals surface area (Å²) >= 11 is 0. The van der Waals surface area contributed by atoms with Gasteiger partial charge >= 0.3 is 5.97 Å². The average Bonchev–Trinajstić information content (AvgIpc) is 3.79. The fourth-order valence-corrected chi connectivity index (χ4v) is 7.36. The highest BCUT2D eigenvalue weighted by atomic mass is 16.5. The first-order valence-electron chi connectivity index (χ1n) is 19.6. The van der Waals surface area contributed by atoms with Crippen LogP contribution < -0.4 is 5.32 Å². The average molecular weight is 762 g/mol. The number of nitrogens with one attached hydrogen (secondary N) is 1. The minimum absolute atomic E-state index is 0.0550. The van der Waals surface area contributed by atoms with Crippen molar-refractivity contribution in [1.82, 2.24) is 30.2 Å². The summed E-state index contributed by atoms with van der Waals surface area (Å²) in [7, 11) is 0. The number of benzene rings is 6. The van der Waals surface area contributed by atoms with Crippen LogP contribution >= 0.6 is 0 Å². The number of aryl methyl sites for hydroxylation is 1. The summed E-state index contributed by atoms with van der Waals surface area (Å²) in [5.41, 5.74) is 7.43. The second-order valence-corrected chi connectivity index (χ2v) is 14.0. The number of carbonyl (C=O) groups is 1. The van der Waals surface area contributed by atoms with E-state index in [-0.39, 0.29) is 6.61 Å². The van der Waals surface area contributed by atoms with Crippen LogP contribution in [0.3, 0.4) is 0 Å². The van der Waals surface area contributed by atoms with Crippen molar-refractivity contribution < 1.29 is 9.53 Å². The van der Waals surface area contributed by atoms with Gasteiger partial charge < -0.3 is 10.1 Å². The minimum atomic E-state index is -0.874. The lowest BCUT2D eigenvalue weighted by molar-refractivity contribution is 0.0473. The fourth-order valence-electron chi connectivity index (χ4n) is 7.36. The van der Waals surface area contributed by atoms with Gasteiger partial charge in [0.2, 0.25) is 0 Å². The van der Waals surface area contributed by atoms with Crippen LogP contribution in [0.1, 0.15) is 63.8 Å². The van der Waals surface area contributed by atoms with Crippen LogP contribution in [0.5, 0.6) is 0 Å². The summed E-state index contributed by atoms with van der Waals surface area (Å²) in [6.07, 6.45) is 4.56. The first kappa shape index (κ1) is 37.7. The highest BCUT2D eigenvalue weighted by molar-refractivity contribution is 5.89. The van der Waals surface area contributed by atoms with Crippen LogP contribution in [0.2, 0.25) is 0 Å². The van der Waals surface area contributed by atoms with E-state index in [9.17, 15) is 4.79 Å². The molecule has 8 rings (SSSR count). The summed E-state index contributed by atoms with van der Waals surface area (Å²) in [5, 5.41) is 17.3. The van der Waals surface area contributed by atoms with Crippen LogP contribution in [-0.4, -0.2) is 36.1 Å². The van der Waals surface area contributed by atoms with Crippen LogP contribution in [0, 0.1) is 0 Å². The Bertz CT molecular complexity index is 2470. The van der Waals surface area contributed by atoms with E-state index >= 15 is 0 Å². The van der Waals surface area contributed by atoms with Gasteiger partial charge in [0.15, 0.2) is 5.82 Å². The van der Waals surface area contributed by atoms with E-state index in [0.29, 0.717) is 29.3 Å². The number of carbonyl (C=O) groups excluding carboxylic acids is 1. The van der Waals surface area contributed by atoms with Crippen molar-refractivity contribution in [3.05, 3.63) is 215 Å². The number of tetrazole rings is 1. The maximum atomic E-state index is 12.7. The van der Waals surface area contributed by atoms with Gasteiger partial charge in [-0.3, -0.25) is 0 Å². The molecule has 0 aliphatic carbocycles. The van der Waals surface area contributed by atoms with Crippen molar-refractivity contribution in [3.63, 3.8) is 0 Å². The van der Waals surface area contributed by atoms with E-state index in [1.54, 1.807) is 18.3 Å². The van der Waals surface area contributed by atoms with Gasteiger partial charge in [0.1, 0.15) is 23.8 Å². The number of ether oxygens (including phenoxy) is 1. The van der Waals surface area contributed by atoms with Gasteiger partial charge in [-0.1, -0.05) is 171 Å². The van der Waals surface area contributed by atoms with E-state index in [2.05, 4.69) is 132 Å². The van der Waals surface area contributed by atoms with Gasteiger partial charge in [-0.25, -0.2) is 19.4 Å². The van der Waals surface area contributed by atoms with Crippen molar-refractivity contribution in [3.8, 4) is 22.5 Å². The third kappa shape index (κ3) is 7.88. The standard InChI is InChI=1S/C49H43N7O2/c1-2-3-28-45-50-34-39(35-58-48(57)38-18-8-4-9-19-38)46(52-45)51-33-36-29-31-37(32-30-36)43-26-16-17-27-44(43)47-53-54-55-56(47)49(40-20-10-5-11-21-40,41-22-12-6-13-23-41)42-24-14-7-15-25-42/h4-27,29-32,34H,2-3,28,33,35H2,1H3,(H,50,51,52). The second kappa shape index (κ2) is 17.7. The van der Waals surface area contributed by atoms with Gasteiger partial charge in [0.05, 0.1) is 11.1 Å². The van der Waals surface area contributed by atoms with Gasteiger partial charge in [-0.05, 0) is 62.4 Å². The zero-order valence-electron chi connectivity index (χ0n) is 32.3. The number of anilines is 1. The fraction of sp³-hybridized carbons (Fsp3) is 0.143. The topological polar surface area (TPSA) is 108 Å². The number of esters is 1. The number of rotatable bonds is 15. The maximum Gasteiger partial charge on any atom is 0.338 e. The van der Waals surface area contributed by atoms with Crippen LogP contribution in [0.4, 0.5) is 5.82 Å². The molecule has 0 fully saturated rings. The lowest BCUT2D eigenvalue weighted by Gasteiger charge is -2.36. The van der Waals surface area contributed by atoms with Crippen molar-refractivity contribution in [1.29, 1.82) is 0 Å². The third-order valence-electron chi connectivity index (χ3n) is 10.3. The summed E-state index contributed by atoms with van der Waals surface area (Å²) in [6.45, 7) is 2.71. The SMILES string of the molecule is CCCCc1ncc(COC(=O)c2ccccc2)c(NCc2ccc(-c3ccccc3-c3nnnn3C(c3ccccc3)(c3ccccc3)c3ccccc3)cc2)n1. The number of aromatic nitrogens is 6. The summed E-state index contributed by atoms with van der Waals surface area (Å²) in [6, 6.07) is 56.9. The van der Waals surface area contributed by atoms with E-state index in [1.165, 1.54) is 0 Å². The molecule has 58 heavy (non-hydrogen) atoms. The van der Waals surface area contributed by atoms with E-state index in [0.717, 1.165) is 64.0 Å². The molecule has 6 aromatic carbocycles. The van der Waals surface area contributed by atoms with Crippen LogP contribution in [0.15, 0.2) is 176 Å². The molecule has 286 valence electrons. The molecule has 0 saturated heterocycles. The van der Waals surface area contributed by atoms with Gasteiger partial charge in [0.25, 0.3) is 0 Å². The van der Waals surface area contributed by atoms with Crippen molar-refractivity contribution in [2.75, 3.05) is 5.32 Å². The molecular weight excluding hydrogens is 719 g/mol. The molecule has 2 heterocycles. The molecule has 1 N–H and O–H groups in total. The molecule has 0 unspecified atom stereocenters. The number of hydrogen-bond donors (Lipinski definition) is 1. The predicted octanol–water partition coefficient (Wildman–Crippen LogP) is 9.95. The quantitative estimate of drug-likeness (QED) is 0.0813. The lowest BCUT2D eigenvalue weighted by Crippen LogP contribution is -2.39. The Balaban J connectivity index is 1.10. The Labute approximate surface area is 338 Å². The molecule has 9 heteroatoms. The van der Waals surface area contributed by atoms with Gasteiger partial charge in [-0.15, -0.1) is 5.10 Å². The monoisotopic (exact) mass is 761 g/mol. The van der Waals surface area contributed by atoms with Gasteiger partial charge in [0, 0.05) is 24.7 Å². The van der Waals surface area contributed by atoms with E-state index < -0.39 is 11.5 Å². The Morgan fingerprint density at radius 3 is 1.86 bits per heavy atom. The number of hydrogen-bond acceptors (Lipinski definition) is 8. The highest BCUT2D eigenvalue weighted by Crippen LogP contribution is 2.43. The number of unbranched alkanes of at least 4 members (excludes halogenated alkanes) is 1. The molecular formula is C49H43N7O2. The Morgan fingerprint density at radius 2 is 1.26 bits per heavy atom. The third-order valence-corrected chi connectivity index (χ3v) is 10.3. The van der Waals surface area contributed by atoms with Crippen LogP contribution in [0.25, 0.3) is 22.5 Å². The first-order chi connectivity index (χ1) is 28.6. The van der Waals surface area contributed by atoms with Crippen LogP contribution in [-0.2, 0) is 29.8 Å². The van der Waals surface area contributed by atoms with Crippen molar-refractivity contribution in [2.45, 2.75) is 44.9 Å². The molecule has 8 aromatic rings. The Hall–Kier alpha value is -7.26. The van der Waals surface area contributed by atoms with Crippen molar-refractivity contribution in [2.24, 2.45) is 0 Å². The molecule has 0 radical (unpaired) electrons. The molecule has 0 bridgehead atoms.